The Morgan fingerprint density at radius 2 is 1.80 bits per heavy atom. The number of fused-ring (bicyclic) bond motifs is 1. The number of rotatable bonds is 3. The van der Waals surface area contributed by atoms with Crippen molar-refractivity contribution in [3.05, 3.63) is 94.3 Å². The van der Waals surface area contributed by atoms with Gasteiger partial charge in [-0.15, -0.1) is 0 Å². The summed E-state index contributed by atoms with van der Waals surface area (Å²) in [5, 5.41) is 11.4. The molecule has 3 aromatic rings. The molecule has 0 saturated heterocycles. The zero-order valence-corrected chi connectivity index (χ0v) is 19.9. The topological polar surface area (TPSA) is 73.3 Å². The van der Waals surface area contributed by atoms with E-state index in [9.17, 15) is 14.0 Å². The molecule has 1 aliphatic carbocycles. The number of carbonyl (C=O) groups is 2. The van der Waals surface area contributed by atoms with E-state index in [2.05, 4.69) is 11.4 Å². The van der Waals surface area contributed by atoms with Crippen LogP contribution in [0.5, 0.6) is 0 Å². The third-order valence-electron chi connectivity index (χ3n) is 7.16. The van der Waals surface area contributed by atoms with Gasteiger partial charge in [0.1, 0.15) is 5.82 Å². The number of anilines is 2. The van der Waals surface area contributed by atoms with Crippen LogP contribution in [-0.2, 0) is 6.42 Å². The molecule has 1 atom stereocenters. The van der Waals surface area contributed by atoms with Crippen LogP contribution in [0.1, 0.15) is 52.0 Å². The van der Waals surface area contributed by atoms with Gasteiger partial charge in [-0.2, -0.15) is 0 Å². The van der Waals surface area contributed by atoms with Crippen LogP contribution in [0.15, 0.2) is 66.7 Å². The molecule has 5 nitrogen and oxygen atoms in total. The number of hydrogen-bond acceptors (Lipinski definition) is 3. The van der Waals surface area contributed by atoms with E-state index in [1.165, 1.54) is 12.1 Å². The van der Waals surface area contributed by atoms with Crippen molar-refractivity contribution in [3.8, 4) is 0 Å². The standard InChI is InChI=1S/C28H25ClFN3O2/c29-23-12-9-20(30)16-22(23)26(34)32-21-10-7-18(8-11-21)27(35)33-15-14-28(13-3-6-25(28)31)17-19-4-1-2-5-24(19)33/h1-2,4-5,7-12,16,31H,3,6,13-15,17H2,(H,32,34). The first-order chi connectivity index (χ1) is 16.9. The van der Waals surface area contributed by atoms with Crippen molar-refractivity contribution in [2.75, 3.05) is 16.8 Å². The van der Waals surface area contributed by atoms with Gasteiger partial charge >= 0.3 is 0 Å². The molecule has 2 N–H and O–H groups in total. The van der Waals surface area contributed by atoms with E-state index in [1.54, 1.807) is 24.3 Å². The molecule has 2 amide bonds. The van der Waals surface area contributed by atoms with Crippen molar-refractivity contribution in [2.45, 2.75) is 32.1 Å². The second kappa shape index (κ2) is 9.27. The Kier molecular flexibility index (Phi) is 6.15. The highest BCUT2D eigenvalue weighted by Crippen LogP contribution is 2.45. The van der Waals surface area contributed by atoms with Gasteiger partial charge < -0.3 is 15.6 Å². The van der Waals surface area contributed by atoms with Crippen LogP contribution in [0.25, 0.3) is 0 Å². The van der Waals surface area contributed by atoms with E-state index >= 15 is 0 Å². The summed E-state index contributed by atoms with van der Waals surface area (Å²) < 4.78 is 13.5. The Balaban J connectivity index is 1.36. The molecule has 1 heterocycles. The second-order valence-electron chi connectivity index (χ2n) is 9.28. The highest BCUT2D eigenvalue weighted by atomic mass is 35.5. The monoisotopic (exact) mass is 489 g/mol. The summed E-state index contributed by atoms with van der Waals surface area (Å²) >= 11 is 6.03. The summed E-state index contributed by atoms with van der Waals surface area (Å²) in [5.74, 6) is -1.20. The highest BCUT2D eigenvalue weighted by molar-refractivity contribution is 6.34. The Bertz CT molecular complexity index is 1320. The van der Waals surface area contributed by atoms with Crippen LogP contribution < -0.4 is 10.2 Å². The minimum Gasteiger partial charge on any atom is -0.322 e. The molecule has 1 spiro atoms. The third-order valence-corrected chi connectivity index (χ3v) is 7.48. The van der Waals surface area contributed by atoms with E-state index < -0.39 is 11.7 Å². The van der Waals surface area contributed by atoms with Crippen molar-refractivity contribution in [1.29, 1.82) is 5.41 Å². The summed E-state index contributed by atoms with van der Waals surface area (Å²) in [6.07, 6.45) is 4.42. The molecule has 178 valence electrons. The Hall–Kier alpha value is -3.51. The number of nitrogens with one attached hydrogen (secondary N) is 2. The normalized spacial score (nSPS) is 19.4. The van der Waals surface area contributed by atoms with Crippen molar-refractivity contribution < 1.29 is 14.0 Å². The number of hydrogen-bond donors (Lipinski definition) is 2. The third kappa shape index (κ3) is 4.46. The molecule has 0 bridgehead atoms. The van der Waals surface area contributed by atoms with Crippen LogP contribution in [0.2, 0.25) is 5.02 Å². The van der Waals surface area contributed by atoms with E-state index in [1.807, 2.05) is 23.1 Å². The first-order valence-corrected chi connectivity index (χ1v) is 12.1. The molecular formula is C28H25ClFN3O2. The maximum absolute atomic E-state index is 13.6. The van der Waals surface area contributed by atoms with Crippen molar-refractivity contribution in [1.82, 2.24) is 0 Å². The number of halogens is 2. The minimum atomic E-state index is -0.548. The Morgan fingerprint density at radius 3 is 2.54 bits per heavy atom. The number of para-hydroxylation sites is 1. The van der Waals surface area contributed by atoms with Gasteiger partial charge in [0.15, 0.2) is 0 Å². The lowest BCUT2D eigenvalue weighted by Crippen LogP contribution is -2.34. The average molecular weight is 490 g/mol. The lowest BCUT2D eigenvalue weighted by Gasteiger charge is -2.28. The van der Waals surface area contributed by atoms with Crippen LogP contribution in [0.4, 0.5) is 15.8 Å². The summed E-state index contributed by atoms with van der Waals surface area (Å²) in [6.45, 7) is 0.550. The Labute approximate surface area is 208 Å². The summed E-state index contributed by atoms with van der Waals surface area (Å²) in [7, 11) is 0. The molecule has 1 fully saturated rings. The highest BCUT2D eigenvalue weighted by Gasteiger charge is 2.42. The molecule has 0 radical (unpaired) electrons. The molecular weight excluding hydrogens is 465 g/mol. The molecule has 1 unspecified atom stereocenters. The second-order valence-corrected chi connectivity index (χ2v) is 9.69. The molecule has 0 aromatic heterocycles. The molecule has 7 heteroatoms. The predicted molar refractivity (Wildman–Crippen MR) is 136 cm³/mol. The van der Waals surface area contributed by atoms with Gasteiger partial charge in [0, 0.05) is 34.6 Å². The van der Waals surface area contributed by atoms with Crippen molar-refractivity contribution in [2.24, 2.45) is 5.41 Å². The fourth-order valence-electron chi connectivity index (χ4n) is 5.25. The SMILES string of the molecule is N=C1CCCC12CCN(C(=O)c1ccc(NC(=O)c3cc(F)ccc3Cl)cc1)c1ccccc1C2. The van der Waals surface area contributed by atoms with Gasteiger partial charge in [-0.05, 0) is 86.2 Å². The van der Waals surface area contributed by atoms with E-state index in [0.29, 0.717) is 17.8 Å². The van der Waals surface area contributed by atoms with Crippen molar-refractivity contribution in [3.63, 3.8) is 0 Å². The van der Waals surface area contributed by atoms with E-state index in [0.717, 1.165) is 55.1 Å². The largest absolute Gasteiger partial charge is 0.322 e. The fourth-order valence-corrected chi connectivity index (χ4v) is 5.45. The number of carbonyl (C=O) groups excluding carboxylic acids is 2. The van der Waals surface area contributed by atoms with Gasteiger partial charge in [0.25, 0.3) is 11.8 Å². The van der Waals surface area contributed by atoms with Crippen molar-refractivity contribution >= 4 is 40.5 Å². The quantitative estimate of drug-likeness (QED) is 0.440. The lowest BCUT2D eigenvalue weighted by molar-refractivity contribution is 0.0984. The first kappa shape index (κ1) is 23.2. The van der Waals surface area contributed by atoms with Gasteiger partial charge in [-0.1, -0.05) is 29.8 Å². The molecule has 3 aromatic carbocycles. The molecule has 1 aliphatic heterocycles. The minimum absolute atomic E-state index is 0.0411. The molecule has 2 aliphatic rings. The van der Waals surface area contributed by atoms with Gasteiger partial charge in [0.2, 0.25) is 0 Å². The van der Waals surface area contributed by atoms with Crippen LogP contribution in [0, 0.1) is 16.6 Å². The van der Waals surface area contributed by atoms with E-state index in [-0.39, 0.29) is 21.9 Å². The smallest absolute Gasteiger partial charge is 0.258 e. The zero-order chi connectivity index (χ0) is 24.6. The number of benzene rings is 3. The van der Waals surface area contributed by atoms with Gasteiger partial charge in [-0.3, -0.25) is 9.59 Å². The van der Waals surface area contributed by atoms with Gasteiger partial charge in [-0.25, -0.2) is 4.39 Å². The maximum atomic E-state index is 13.6. The first-order valence-electron chi connectivity index (χ1n) is 11.7. The number of amides is 2. The average Bonchev–Trinajstić information content (AvgIpc) is 3.11. The van der Waals surface area contributed by atoms with Crippen LogP contribution in [0.3, 0.4) is 0 Å². The van der Waals surface area contributed by atoms with E-state index in [4.69, 9.17) is 17.0 Å². The van der Waals surface area contributed by atoms with Crippen LogP contribution >= 0.6 is 11.6 Å². The summed E-state index contributed by atoms with van der Waals surface area (Å²) in [6, 6.07) is 18.2. The predicted octanol–water partition coefficient (Wildman–Crippen LogP) is 6.51. The molecule has 35 heavy (non-hydrogen) atoms. The van der Waals surface area contributed by atoms with Gasteiger partial charge in [0.05, 0.1) is 10.6 Å². The molecule has 5 rings (SSSR count). The maximum Gasteiger partial charge on any atom is 0.258 e. The zero-order valence-electron chi connectivity index (χ0n) is 19.1. The lowest BCUT2D eigenvalue weighted by atomic mass is 9.76. The fraction of sp³-hybridized carbons (Fsp3) is 0.250. The summed E-state index contributed by atoms with van der Waals surface area (Å²) in [4.78, 5) is 27.9. The summed E-state index contributed by atoms with van der Waals surface area (Å²) in [5.41, 5.74) is 3.66. The Morgan fingerprint density at radius 1 is 1.03 bits per heavy atom. The number of nitrogens with zero attached hydrogens (tertiary/aromatic N) is 1. The van der Waals surface area contributed by atoms with Crippen LogP contribution in [-0.4, -0.2) is 24.1 Å². The molecule has 1 saturated carbocycles.